The fraction of sp³-hybridized carbons (Fsp3) is 0.333. The van der Waals surface area contributed by atoms with E-state index in [1.54, 1.807) is 14.0 Å². The lowest BCUT2D eigenvalue weighted by Gasteiger charge is -2.16. The van der Waals surface area contributed by atoms with E-state index in [0.29, 0.717) is 12.4 Å². The summed E-state index contributed by atoms with van der Waals surface area (Å²) in [5.41, 5.74) is 4.06. The molecule has 112 valence electrons. The molecule has 21 heavy (non-hydrogen) atoms. The Hall–Kier alpha value is -2.00. The van der Waals surface area contributed by atoms with Crippen LogP contribution in [0.2, 0.25) is 0 Å². The van der Waals surface area contributed by atoms with Crippen LogP contribution in [-0.2, 0) is 6.61 Å². The zero-order valence-corrected chi connectivity index (χ0v) is 13.0. The summed E-state index contributed by atoms with van der Waals surface area (Å²) in [6.07, 6.45) is -0.556. The van der Waals surface area contributed by atoms with Crippen molar-refractivity contribution in [2.75, 3.05) is 7.11 Å². The number of methoxy groups -OCH3 is 1. The summed E-state index contributed by atoms with van der Waals surface area (Å²) in [5.74, 6) is 1.53. The minimum atomic E-state index is -0.556. The Balaban J connectivity index is 2.24. The molecule has 0 bridgehead atoms. The van der Waals surface area contributed by atoms with E-state index in [1.165, 1.54) is 0 Å². The van der Waals surface area contributed by atoms with Crippen molar-refractivity contribution in [3.05, 3.63) is 58.7 Å². The fourth-order valence-corrected chi connectivity index (χ4v) is 2.29. The van der Waals surface area contributed by atoms with Crippen LogP contribution in [0.25, 0.3) is 0 Å². The Bertz CT molecular complexity index is 618. The molecule has 0 aliphatic carbocycles. The van der Waals surface area contributed by atoms with E-state index in [0.717, 1.165) is 28.0 Å². The zero-order valence-electron chi connectivity index (χ0n) is 13.0. The first-order valence-electron chi connectivity index (χ1n) is 7.06. The van der Waals surface area contributed by atoms with E-state index in [9.17, 15) is 5.11 Å². The third kappa shape index (κ3) is 3.76. The fourth-order valence-electron chi connectivity index (χ4n) is 2.29. The molecule has 0 saturated carbocycles. The second-order valence-electron chi connectivity index (χ2n) is 5.32. The molecule has 0 aliphatic rings. The lowest BCUT2D eigenvalue weighted by Crippen LogP contribution is -2.03. The number of benzene rings is 2. The summed E-state index contributed by atoms with van der Waals surface area (Å²) in [6, 6.07) is 11.8. The van der Waals surface area contributed by atoms with E-state index in [4.69, 9.17) is 9.47 Å². The molecule has 2 aromatic carbocycles. The van der Waals surface area contributed by atoms with Gasteiger partial charge in [-0.3, -0.25) is 0 Å². The van der Waals surface area contributed by atoms with Crippen molar-refractivity contribution >= 4 is 0 Å². The monoisotopic (exact) mass is 286 g/mol. The molecular formula is C18H22O3. The molecule has 3 nitrogen and oxygen atoms in total. The van der Waals surface area contributed by atoms with Crippen LogP contribution in [0.3, 0.4) is 0 Å². The van der Waals surface area contributed by atoms with Crippen molar-refractivity contribution < 1.29 is 14.6 Å². The number of ether oxygens (including phenoxy) is 2. The summed E-state index contributed by atoms with van der Waals surface area (Å²) in [5, 5.41) is 9.83. The Labute approximate surface area is 126 Å². The van der Waals surface area contributed by atoms with Crippen LogP contribution < -0.4 is 9.47 Å². The van der Waals surface area contributed by atoms with Crippen molar-refractivity contribution in [2.24, 2.45) is 0 Å². The van der Waals surface area contributed by atoms with Gasteiger partial charge in [0.05, 0.1) is 13.2 Å². The van der Waals surface area contributed by atoms with Gasteiger partial charge < -0.3 is 14.6 Å². The largest absolute Gasteiger partial charge is 0.496 e. The normalized spacial score (nSPS) is 12.0. The molecule has 0 aliphatic heterocycles. The lowest BCUT2D eigenvalue weighted by molar-refractivity contribution is 0.190. The molecule has 2 rings (SSSR count). The van der Waals surface area contributed by atoms with Gasteiger partial charge in [0.15, 0.2) is 0 Å². The van der Waals surface area contributed by atoms with Crippen LogP contribution in [0.5, 0.6) is 11.5 Å². The van der Waals surface area contributed by atoms with Gasteiger partial charge in [0, 0.05) is 11.1 Å². The number of aliphatic hydroxyl groups is 1. The molecule has 0 amide bonds. The summed E-state index contributed by atoms with van der Waals surface area (Å²) in [4.78, 5) is 0. The van der Waals surface area contributed by atoms with E-state index in [2.05, 4.69) is 6.07 Å². The standard InChI is InChI=1S/C18H22O3/c1-12-6-8-17(20-4)15(9-12)11-21-18-10-13(2)5-7-16(18)14(3)19/h5-10,14,19H,11H2,1-4H3/t14-/m1/s1. The first-order chi connectivity index (χ1) is 10.0. The van der Waals surface area contributed by atoms with Crippen LogP contribution in [-0.4, -0.2) is 12.2 Å². The van der Waals surface area contributed by atoms with E-state index >= 15 is 0 Å². The molecule has 3 heteroatoms. The quantitative estimate of drug-likeness (QED) is 0.904. The topological polar surface area (TPSA) is 38.7 Å². The SMILES string of the molecule is COc1ccc(C)cc1COc1cc(C)ccc1[C@@H](C)O. The van der Waals surface area contributed by atoms with Gasteiger partial charge in [0.25, 0.3) is 0 Å². The first kappa shape index (κ1) is 15.4. The molecule has 0 unspecified atom stereocenters. The number of aliphatic hydroxyl groups excluding tert-OH is 1. The lowest BCUT2D eigenvalue weighted by atomic mass is 10.1. The van der Waals surface area contributed by atoms with Crippen molar-refractivity contribution in [3.63, 3.8) is 0 Å². The number of hydrogen-bond acceptors (Lipinski definition) is 3. The maximum absolute atomic E-state index is 9.83. The maximum atomic E-state index is 9.83. The second-order valence-corrected chi connectivity index (χ2v) is 5.32. The molecule has 1 N–H and O–H groups in total. The predicted octanol–water partition coefficient (Wildman–Crippen LogP) is 3.94. The van der Waals surface area contributed by atoms with E-state index < -0.39 is 6.10 Å². The molecular weight excluding hydrogens is 264 g/mol. The highest BCUT2D eigenvalue weighted by molar-refractivity contribution is 5.40. The molecule has 0 saturated heterocycles. The van der Waals surface area contributed by atoms with Crippen molar-refractivity contribution in [2.45, 2.75) is 33.5 Å². The van der Waals surface area contributed by atoms with Gasteiger partial charge in [-0.05, 0) is 44.5 Å². The van der Waals surface area contributed by atoms with Crippen LogP contribution in [0.15, 0.2) is 36.4 Å². The number of hydrogen-bond donors (Lipinski definition) is 1. The highest BCUT2D eigenvalue weighted by Crippen LogP contribution is 2.28. The Morgan fingerprint density at radius 1 is 1.00 bits per heavy atom. The van der Waals surface area contributed by atoms with Crippen LogP contribution in [0.1, 0.15) is 35.3 Å². The average molecular weight is 286 g/mol. The minimum Gasteiger partial charge on any atom is -0.496 e. The predicted molar refractivity (Wildman–Crippen MR) is 83.9 cm³/mol. The summed E-state index contributed by atoms with van der Waals surface area (Å²) in [6.45, 7) is 6.20. The van der Waals surface area contributed by atoms with Gasteiger partial charge >= 0.3 is 0 Å². The van der Waals surface area contributed by atoms with E-state index in [-0.39, 0.29) is 0 Å². The number of aryl methyl sites for hydroxylation is 2. The van der Waals surface area contributed by atoms with Gasteiger partial charge in [0.1, 0.15) is 18.1 Å². The Kier molecular flexibility index (Phi) is 4.86. The summed E-state index contributed by atoms with van der Waals surface area (Å²) in [7, 11) is 1.65. The number of rotatable bonds is 5. The highest BCUT2D eigenvalue weighted by atomic mass is 16.5. The van der Waals surface area contributed by atoms with Crippen molar-refractivity contribution in [3.8, 4) is 11.5 Å². The molecule has 0 radical (unpaired) electrons. The molecule has 0 heterocycles. The van der Waals surface area contributed by atoms with Gasteiger partial charge in [-0.1, -0.05) is 23.8 Å². The maximum Gasteiger partial charge on any atom is 0.125 e. The molecule has 0 fully saturated rings. The van der Waals surface area contributed by atoms with Crippen molar-refractivity contribution in [1.29, 1.82) is 0 Å². The molecule has 1 atom stereocenters. The molecule has 0 spiro atoms. The Morgan fingerprint density at radius 2 is 1.67 bits per heavy atom. The first-order valence-corrected chi connectivity index (χ1v) is 7.06. The van der Waals surface area contributed by atoms with Crippen LogP contribution in [0.4, 0.5) is 0 Å². The smallest absolute Gasteiger partial charge is 0.125 e. The average Bonchev–Trinajstić information content (AvgIpc) is 2.45. The van der Waals surface area contributed by atoms with E-state index in [1.807, 2.05) is 44.2 Å². The summed E-state index contributed by atoms with van der Waals surface area (Å²) >= 11 is 0. The van der Waals surface area contributed by atoms with Gasteiger partial charge in [-0.15, -0.1) is 0 Å². The summed E-state index contributed by atoms with van der Waals surface area (Å²) < 4.78 is 11.3. The van der Waals surface area contributed by atoms with Gasteiger partial charge in [-0.25, -0.2) is 0 Å². The minimum absolute atomic E-state index is 0.411. The van der Waals surface area contributed by atoms with Gasteiger partial charge in [-0.2, -0.15) is 0 Å². The van der Waals surface area contributed by atoms with Gasteiger partial charge in [0.2, 0.25) is 0 Å². The third-order valence-electron chi connectivity index (χ3n) is 3.44. The zero-order chi connectivity index (χ0) is 15.4. The highest BCUT2D eigenvalue weighted by Gasteiger charge is 2.11. The Morgan fingerprint density at radius 3 is 2.33 bits per heavy atom. The van der Waals surface area contributed by atoms with Crippen LogP contribution in [0, 0.1) is 13.8 Å². The van der Waals surface area contributed by atoms with Crippen LogP contribution >= 0.6 is 0 Å². The van der Waals surface area contributed by atoms with Crippen molar-refractivity contribution in [1.82, 2.24) is 0 Å². The second kappa shape index (κ2) is 6.64. The molecule has 0 aromatic heterocycles. The third-order valence-corrected chi connectivity index (χ3v) is 3.44. The molecule has 2 aromatic rings.